The van der Waals surface area contributed by atoms with Crippen LogP contribution in [-0.4, -0.2) is 26.1 Å². The minimum Gasteiger partial charge on any atom is -1.00 e. The molecule has 1 heterocycles. The highest BCUT2D eigenvalue weighted by molar-refractivity contribution is 5.72. The first kappa shape index (κ1) is 16.3. The fourth-order valence-corrected chi connectivity index (χ4v) is 2.25. The van der Waals surface area contributed by atoms with E-state index in [2.05, 4.69) is 33.3 Å². The van der Waals surface area contributed by atoms with E-state index >= 15 is 0 Å². The Morgan fingerprint density at radius 2 is 1.27 bits per heavy atom. The molecule has 0 aliphatic carbocycles. The van der Waals surface area contributed by atoms with Gasteiger partial charge in [0.05, 0.1) is 21.1 Å². The number of nitrogens with zero attached hydrogens (tertiary/aromatic N) is 2. The molecule has 114 valence electrons. The fourth-order valence-electron chi connectivity index (χ4n) is 2.25. The fraction of sp³-hybridized carbons (Fsp3) is 0.167. The zero-order chi connectivity index (χ0) is 14.9. The summed E-state index contributed by atoms with van der Waals surface area (Å²) in [5.74, 6) is 2.43. The summed E-state index contributed by atoms with van der Waals surface area (Å²) in [5, 5.41) is 0. The third kappa shape index (κ3) is 3.21. The molecule has 0 radical (unpaired) electrons. The molecule has 2 aromatic carbocycles. The van der Waals surface area contributed by atoms with Crippen LogP contribution in [0.25, 0.3) is 22.8 Å². The van der Waals surface area contributed by atoms with Crippen molar-refractivity contribution in [1.82, 2.24) is 9.47 Å². The van der Waals surface area contributed by atoms with Gasteiger partial charge in [-0.2, -0.15) is 4.98 Å². The summed E-state index contributed by atoms with van der Waals surface area (Å²) in [5.41, 5.74) is 2.05. The maximum Gasteiger partial charge on any atom is 0.274 e. The minimum absolute atomic E-state index is 0. The Labute approximate surface area is 137 Å². The van der Waals surface area contributed by atoms with Crippen LogP contribution in [0, 0.1) is 0 Å². The normalized spacial score (nSPS) is 11.0. The molecular formula is C18H19ClN2O. The van der Waals surface area contributed by atoms with Crippen LogP contribution < -0.4 is 16.9 Å². The third-order valence-corrected chi connectivity index (χ3v) is 3.30. The molecule has 3 nitrogen and oxygen atoms in total. The van der Waals surface area contributed by atoms with E-state index in [-0.39, 0.29) is 12.4 Å². The second kappa shape index (κ2) is 6.34. The van der Waals surface area contributed by atoms with E-state index in [0.717, 1.165) is 22.7 Å². The summed E-state index contributed by atoms with van der Waals surface area (Å²) >= 11 is 0. The van der Waals surface area contributed by atoms with Crippen LogP contribution in [0.1, 0.15) is 0 Å². The zero-order valence-electron chi connectivity index (χ0n) is 13.0. The van der Waals surface area contributed by atoms with E-state index in [9.17, 15) is 0 Å². The second-order valence-electron chi connectivity index (χ2n) is 5.92. The van der Waals surface area contributed by atoms with E-state index < -0.39 is 0 Å². The lowest BCUT2D eigenvalue weighted by Gasteiger charge is -2.20. The number of halogens is 1. The van der Waals surface area contributed by atoms with Crippen molar-refractivity contribution in [2.45, 2.75) is 0 Å². The van der Waals surface area contributed by atoms with E-state index in [1.807, 2.05) is 48.5 Å². The zero-order valence-corrected chi connectivity index (χ0v) is 13.7. The molecule has 0 fully saturated rings. The number of rotatable bonds is 3. The molecular weight excluding hydrogens is 296 g/mol. The molecule has 0 amide bonds. The molecule has 0 spiro atoms. The second-order valence-corrected chi connectivity index (χ2v) is 5.92. The summed E-state index contributed by atoms with van der Waals surface area (Å²) in [6.07, 6.45) is 0. The number of hydrogen-bond acceptors (Lipinski definition) is 2. The van der Waals surface area contributed by atoms with Gasteiger partial charge in [-0.25, -0.2) is 0 Å². The van der Waals surface area contributed by atoms with Crippen LogP contribution in [0.3, 0.4) is 0 Å². The van der Waals surface area contributed by atoms with Crippen LogP contribution >= 0.6 is 0 Å². The van der Waals surface area contributed by atoms with Gasteiger partial charge in [0.15, 0.2) is 0 Å². The Morgan fingerprint density at radius 1 is 0.773 bits per heavy atom. The molecule has 0 unspecified atom stereocenters. The molecule has 0 N–H and O–H groups in total. The summed E-state index contributed by atoms with van der Waals surface area (Å²) in [6.45, 7) is 0. The van der Waals surface area contributed by atoms with Crippen molar-refractivity contribution in [3.63, 3.8) is 0 Å². The Morgan fingerprint density at radius 3 is 1.77 bits per heavy atom. The van der Waals surface area contributed by atoms with Gasteiger partial charge in [0, 0.05) is 11.1 Å². The molecule has 4 heteroatoms. The van der Waals surface area contributed by atoms with Crippen molar-refractivity contribution in [3.8, 4) is 22.8 Å². The topological polar surface area (TPSA) is 26.0 Å². The van der Waals surface area contributed by atoms with Gasteiger partial charge in [0.25, 0.3) is 5.82 Å². The molecule has 0 aliphatic rings. The lowest BCUT2D eigenvalue weighted by molar-refractivity contribution is -0.00000504. The highest BCUT2D eigenvalue weighted by Gasteiger charge is 2.27. The molecule has 0 saturated heterocycles. The average molecular weight is 315 g/mol. The summed E-state index contributed by atoms with van der Waals surface area (Å²) < 4.78 is 6.70. The maximum absolute atomic E-state index is 6.09. The quantitative estimate of drug-likeness (QED) is 0.679. The number of benzene rings is 2. The average Bonchev–Trinajstić information content (AvgIpc) is 2.94. The van der Waals surface area contributed by atoms with Gasteiger partial charge in [-0.3, -0.25) is 4.48 Å². The van der Waals surface area contributed by atoms with Crippen molar-refractivity contribution >= 4 is 5.82 Å². The van der Waals surface area contributed by atoms with E-state index in [1.165, 1.54) is 0 Å². The molecule has 22 heavy (non-hydrogen) atoms. The molecule has 0 bridgehead atoms. The van der Waals surface area contributed by atoms with E-state index in [4.69, 9.17) is 9.40 Å². The van der Waals surface area contributed by atoms with Gasteiger partial charge in [0.2, 0.25) is 11.7 Å². The summed E-state index contributed by atoms with van der Waals surface area (Å²) in [6, 6.07) is 20.1. The first-order chi connectivity index (χ1) is 10.1. The largest absolute Gasteiger partial charge is 1.00 e. The third-order valence-electron chi connectivity index (χ3n) is 3.30. The van der Waals surface area contributed by atoms with Gasteiger partial charge in [-0.1, -0.05) is 48.5 Å². The van der Waals surface area contributed by atoms with Crippen LogP contribution in [0.5, 0.6) is 0 Å². The Balaban J connectivity index is 0.00000176. The number of hydrogen-bond donors (Lipinski definition) is 0. The molecule has 1 aromatic heterocycles. The highest BCUT2D eigenvalue weighted by Crippen LogP contribution is 2.36. The van der Waals surface area contributed by atoms with E-state index in [1.54, 1.807) is 0 Å². The molecule has 0 aliphatic heterocycles. The van der Waals surface area contributed by atoms with Crippen LogP contribution in [0.2, 0.25) is 0 Å². The first-order valence-electron chi connectivity index (χ1n) is 6.99. The predicted molar refractivity (Wildman–Crippen MR) is 86.9 cm³/mol. The maximum atomic E-state index is 6.09. The lowest BCUT2D eigenvalue weighted by Crippen LogP contribution is -3.00. The van der Waals surface area contributed by atoms with Gasteiger partial charge in [-0.05, 0) is 12.1 Å². The van der Waals surface area contributed by atoms with Crippen molar-refractivity contribution in [2.24, 2.45) is 0 Å². The lowest BCUT2D eigenvalue weighted by atomic mass is 10.1. The molecule has 3 rings (SSSR count). The van der Waals surface area contributed by atoms with Crippen molar-refractivity contribution < 1.29 is 16.8 Å². The standard InChI is InChI=1S/C18H19N2O.ClH/c1-20(2,3)17-16(14-10-6-4-7-11-14)21-18(19-17)15-12-8-5-9-13-15;/h4-13H,1-3H3;1H/q+1;/p-1. The first-order valence-corrected chi connectivity index (χ1v) is 6.99. The summed E-state index contributed by atoms with van der Waals surface area (Å²) in [7, 11) is 6.29. The van der Waals surface area contributed by atoms with Crippen LogP contribution in [0.15, 0.2) is 65.1 Å². The smallest absolute Gasteiger partial charge is 0.274 e. The number of quaternary nitrogens is 1. The van der Waals surface area contributed by atoms with Gasteiger partial charge in [-0.15, -0.1) is 0 Å². The molecule has 0 atom stereocenters. The Hall–Kier alpha value is -2.10. The van der Waals surface area contributed by atoms with Crippen LogP contribution in [-0.2, 0) is 0 Å². The van der Waals surface area contributed by atoms with E-state index in [0.29, 0.717) is 10.4 Å². The predicted octanol–water partition coefficient (Wildman–Crippen LogP) is 1.21. The van der Waals surface area contributed by atoms with Gasteiger partial charge < -0.3 is 16.8 Å². The molecule has 0 saturated carbocycles. The SMILES string of the molecule is C[N+](C)(C)c1nc(-c2ccccc2)oc1-c1ccccc1.[Cl-]. The Bertz CT molecular complexity index is 731. The van der Waals surface area contributed by atoms with Crippen molar-refractivity contribution in [1.29, 1.82) is 0 Å². The van der Waals surface area contributed by atoms with Gasteiger partial charge >= 0.3 is 0 Å². The van der Waals surface area contributed by atoms with Crippen molar-refractivity contribution in [3.05, 3.63) is 60.7 Å². The monoisotopic (exact) mass is 314 g/mol. The minimum atomic E-state index is 0. The molecule has 3 aromatic rings. The summed E-state index contributed by atoms with van der Waals surface area (Å²) in [4.78, 5) is 4.73. The number of aromatic nitrogens is 1. The van der Waals surface area contributed by atoms with Crippen LogP contribution in [0.4, 0.5) is 5.82 Å². The highest BCUT2D eigenvalue weighted by atomic mass is 35.5. The van der Waals surface area contributed by atoms with Gasteiger partial charge in [0.1, 0.15) is 0 Å². The Kier molecular flexibility index (Phi) is 4.69. The number of oxazole rings is 1. The van der Waals surface area contributed by atoms with Crippen molar-refractivity contribution in [2.75, 3.05) is 21.1 Å².